The maximum absolute atomic E-state index is 12.5. The Kier molecular flexibility index (Phi) is 5.24. The van der Waals surface area contributed by atoms with E-state index in [0.29, 0.717) is 12.2 Å². The number of nitrogens with zero attached hydrogens (tertiary/aromatic N) is 2. The fraction of sp³-hybridized carbons (Fsp3) is 0.217. The summed E-state index contributed by atoms with van der Waals surface area (Å²) in [7, 11) is 1.62. The van der Waals surface area contributed by atoms with E-state index in [1.807, 2.05) is 30.3 Å². The molecule has 1 aliphatic heterocycles. The first kappa shape index (κ1) is 18.0. The van der Waals surface area contributed by atoms with Crippen LogP contribution in [0.15, 0.2) is 66.9 Å². The van der Waals surface area contributed by atoms with E-state index in [2.05, 4.69) is 39.5 Å². The SMILES string of the molecule is COc1ccccc1CNC(=O)c1ccc(N2CCCc3ccccc32)cn1. The van der Waals surface area contributed by atoms with Crippen molar-refractivity contribution in [2.24, 2.45) is 0 Å². The minimum atomic E-state index is -0.198. The fourth-order valence-corrected chi connectivity index (χ4v) is 3.60. The van der Waals surface area contributed by atoms with Crippen LogP contribution >= 0.6 is 0 Å². The molecule has 5 heteroatoms. The van der Waals surface area contributed by atoms with E-state index >= 15 is 0 Å². The minimum Gasteiger partial charge on any atom is -0.496 e. The second kappa shape index (κ2) is 8.13. The zero-order valence-electron chi connectivity index (χ0n) is 15.9. The molecule has 1 aliphatic rings. The third-order valence-electron chi connectivity index (χ3n) is 5.03. The molecule has 0 aliphatic carbocycles. The molecule has 0 saturated carbocycles. The zero-order chi connectivity index (χ0) is 19.3. The molecule has 1 aromatic heterocycles. The predicted octanol–water partition coefficient (Wildman–Crippen LogP) is 4.10. The number of para-hydroxylation sites is 2. The molecular formula is C23H23N3O2. The van der Waals surface area contributed by atoms with Gasteiger partial charge in [-0.1, -0.05) is 36.4 Å². The van der Waals surface area contributed by atoms with Crippen molar-refractivity contribution in [3.63, 3.8) is 0 Å². The average Bonchev–Trinajstić information content (AvgIpc) is 2.77. The number of anilines is 2. The Hall–Kier alpha value is -3.34. The molecule has 0 saturated heterocycles. The number of nitrogens with one attached hydrogen (secondary N) is 1. The van der Waals surface area contributed by atoms with Gasteiger partial charge in [0.05, 0.1) is 19.0 Å². The maximum atomic E-state index is 12.5. The molecule has 28 heavy (non-hydrogen) atoms. The third kappa shape index (κ3) is 3.69. The van der Waals surface area contributed by atoms with Gasteiger partial charge < -0.3 is 15.0 Å². The summed E-state index contributed by atoms with van der Waals surface area (Å²) in [6, 6.07) is 19.8. The number of aryl methyl sites for hydroxylation is 1. The van der Waals surface area contributed by atoms with Crippen LogP contribution in [0.2, 0.25) is 0 Å². The van der Waals surface area contributed by atoms with Gasteiger partial charge in [0.1, 0.15) is 11.4 Å². The first-order chi connectivity index (χ1) is 13.8. The number of pyridine rings is 1. The molecule has 3 aromatic rings. The summed E-state index contributed by atoms with van der Waals surface area (Å²) in [6.07, 6.45) is 3.99. The number of carbonyl (C=O) groups is 1. The van der Waals surface area contributed by atoms with Crippen LogP contribution in [0.3, 0.4) is 0 Å². The monoisotopic (exact) mass is 373 g/mol. The Bertz CT molecular complexity index is 970. The predicted molar refractivity (Wildman–Crippen MR) is 110 cm³/mol. The summed E-state index contributed by atoms with van der Waals surface area (Å²) in [4.78, 5) is 19.1. The zero-order valence-corrected chi connectivity index (χ0v) is 15.9. The molecule has 1 amide bonds. The van der Waals surface area contributed by atoms with E-state index in [9.17, 15) is 4.79 Å². The van der Waals surface area contributed by atoms with E-state index in [4.69, 9.17) is 4.74 Å². The number of ether oxygens (including phenoxy) is 1. The second-order valence-corrected chi connectivity index (χ2v) is 6.78. The van der Waals surface area contributed by atoms with Gasteiger partial charge in [-0.3, -0.25) is 4.79 Å². The quantitative estimate of drug-likeness (QED) is 0.731. The third-order valence-corrected chi connectivity index (χ3v) is 5.03. The van der Waals surface area contributed by atoms with Gasteiger partial charge in [-0.2, -0.15) is 0 Å². The summed E-state index contributed by atoms with van der Waals surface area (Å²) in [5.74, 6) is 0.561. The van der Waals surface area contributed by atoms with Crippen LogP contribution < -0.4 is 15.0 Å². The lowest BCUT2D eigenvalue weighted by Crippen LogP contribution is -2.26. The Morgan fingerprint density at radius 2 is 1.93 bits per heavy atom. The van der Waals surface area contributed by atoms with Gasteiger partial charge >= 0.3 is 0 Å². The van der Waals surface area contributed by atoms with Crippen molar-refractivity contribution in [3.05, 3.63) is 83.7 Å². The van der Waals surface area contributed by atoms with Crippen molar-refractivity contribution in [2.45, 2.75) is 19.4 Å². The molecule has 0 spiro atoms. The smallest absolute Gasteiger partial charge is 0.270 e. The first-order valence-electron chi connectivity index (χ1n) is 9.48. The van der Waals surface area contributed by atoms with Gasteiger partial charge in [-0.05, 0) is 42.7 Å². The van der Waals surface area contributed by atoms with Gasteiger partial charge in [0.15, 0.2) is 0 Å². The Balaban J connectivity index is 1.46. The first-order valence-corrected chi connectivity index (χ1v) is 9.48. The molecule has 1 N–H and O–H groups in total. The minimum absolute atomic E-state index is 0.198. The molecule has 0 unspecified atom stereocenters. The number of rotatable bonds is 5. The van der Waals surface area contributed by atoms with Crippen molar-refractivity contribution in [1.82, 2.24) is 10.3 Å². The van der Waals surface area contributed by atoms with Crippen LogP contribution in [0.1, 0.15) is 28.0 Å². The van der Waals surface area contributed by atoms with Crippen molar-refractivity contribution in [3.8, 4) is 5.75 Å². The molecule has 2 aromatic carbocycles. The van der Waals surface area contributed by atoms with E-state index in [1.165, 1.54) is 11.3 Å². The van der Waals surface area contributed by atoms with Crippen molar-refractivity contribution >= 4 is 17.3 Å². The molecule has 2 heterocycles. The molecular weight excluding hydrogens is 350 g/mol. The van der Waals surface area contributed by atoms with Crippen LogP contribution in [-0.2, 0) is 13.0 Å². The number of methoxy groups -OCH3 is 1. The maximum Gasteiger partial charge on any atom is 0.270 e. The van der Waals surface area contributed by atoms with E-state index in [1.54, 1.807) is 19.4 Å². The van der Waals surface area contributed by atoms with Crippen LogP contribution in [0.5, 0.6) is 5.75 Å². The lowest BCUT2D eigenvalue weighted by atomic mass is 10.0. The van der Waals surface area contributed by atoms with Crippen LogP contribution in [0.25, 0.3) is 0 Å². The van der Waals surface area contributed by atoms with E-state index < -0.39 is 0 Å². The normalized spacial score (nSPS) is 13.0. The van der Waals surface area contributed by atoms with E-state index in [-0.39, 0.29) is 5.91 Å². The van der Waals surface area contributed by atoms with Gasteiger partial charge in [0.25, 0.3) is 5.91 Å². The van der Waals surface area contributed by atoms with Gasteiger partial charge in [-0.15, -0.1) is 0 Å². The van der Waals surface area contributed by atoms with E-state index in [0.717, 1.165) is 36.4 Å². The van der Waals surface area contributed by atoms with Crippen LogP contribution in [0, 0.1) is 0 Å². The summed E-state index contributed by atoms with van der Waals surface area (Å²) in [5, 5.41) is 2.91. The lowest BCUT2D eigenvalue weighted by Gasteiger charge is -2.31. The van der Waals surface area contributed by atoms with Crippen LogP contribution in [-0.4, -0.2) is 24.5 Å². The molecule has 0 fully saturated rings. The Morgan fingerprint density at radius 1 is 1.11 bits per heavy atom. The molecule has 5 nitrogen and oxygen atoms in total. The second-order valence-electron chi connectivity index (χ2n) is 6.78. The number of benzene rings is 2. The number of hydrogen-bond acceptors (Lipinski definition) is 4. The molecule has 0 atom stereocenters. The number of amides is 1. The summed E-state index contributed by atoms with van der Waals surface area (Å²) >= 11 is 0. The Labute approximate surface area is 165 Å². The number of hydrogen-bond donors (Lipinski definition) is 1. The van der Waals surface area contributed by atoms with Crippen molar-refractivity contribution in [1.29, 1.82) is 0 Å². The number of carbonyl (C=O) groups excluding carboxylic acids is 1. The molecule has 4 rings (SSSR count). The number of aromatic nitrogens is 1. The lowest BCUT2D eigenvalue weighted by molar-refractivity contribution is 0.0945. The topological polar surface area (TPSA) is 54.5 Å². The fourth-order valence-electron chi connectivity index (χ4n) is 3.60. The molecule has 0 bridgehead atoms. The van der Waals surface area contributed by atoms with Crippen molar-refractivity contribution < 1.29 is 9.53 Å². The highest BCUT2D eigenvalue weighted by Gasteiger charge is 2.18. The van der Waals surface area contributed by atoms with Crippen LogP contribution in [0.4, 0.5) is 11.4 Å². The van der Waals surface area contributed by atoms with Gasteiger partial charge in [0.2, 0.25) is 0 Å². The van der Waals surface area contributed by atoms with Gasteiger partial charge in [-0.25, -0.2) is 4.98 Å². The highest BCUT2D eigenvalue weighted by Crippen LogP contribution is 2.32. The summed E-state index contributed by atoms with van der Waals surface area (Å²) < 4.78 is 5.32. The summed E-state index contributed by atoms with van der Waals surface area (Å²) in [6.45, 7) is 1.35. The molecule has 142 valence electrons. The largest absolute Gasteiger partial charge is 0.496 e. The standard InChI is InChI=1S/C23H23N3O2/c1-28-22-11-5-3-8-18(22)15-25-23(27)20-13-12-19(16-24-20)26-14-6-9-17-7-2-4-10-21(17)26/h2-5,7-8,10-13,16H,6,9,14-15H2,1H3,(H,25,27). The molecule has 0 radical (unpaired) electrons. The average molecular weight is 373 g/mol. The van der Waals surface area contributed by atoms with Gasteiger partial charge in [0, 0.05) is 24.3 Å². The number of fused-ring (bicyclic) bond motifs is 1. The highest BCUT2D eigenvalue weighted by molar-refractivity contribution is 5.92. The highest BCUT2D eigenvalue weighted by atomic mass is 16.5. The van der Waals surface area contributed by atoms with Crippen molar-refractivity contribution in [2.75, 3.05) is 18.6 Å². The Morgan fingerprint density at radius 3 is 2.75 bits per heavy atom. The summed E-state index contributed by atoms with van der Waals surface area (Å²) in [5.41, 5.74) is 4.92.